The van der Waals surface area contributed by atoms with Crippen LogP contribution in [0.5, 0.6) is 0 Å². The fourth-order valence-electron chi connectivity index (χ4n) is 2.31. The van der Waals surface area contributed by atoms with Crippen molar-refractivity contribution < 1.29 is 17.9 Å². The molecule has 0 saturated carbocycles. The molecule has 1 saturated heterocycles. The van der Waals surface area contributed by atoms with E-state index in [0.29, 0.717) is 18.1 Å². The second-order valence-corrected chi connectivity index (χ2v) is 5.07. The first-order valence-corrected chi connectivity index (χ1v) is 6.47. The number of alkyl halides is 3. The van der Waals surface area contributed by atoms with Gasteiger partial charge >= 0.3 is 6.18 Å². The number of hydrogen-bond donors (Lipinski definition) is 1. The van der Waals surface area contributed by atoms with Gasteiger partial charge in [0.1, 0.15) is 6.54 Å². The smallest absolute Gasteiger partial charge is 0.378 e. The molecule has 2 aromatic rings. The Labute approximate surface area is 114 Å². The van der Waals surface area contributed by atoms with Crippen LogP contribution in [0.1, 0.15) is 5.56 Å². The number of hydrogen-bond acceptors (Lipinski definition) is 2. The Morgan fingerprint density at radius 3 is 2.70 bits per heavy atom. The summed E-state index contributed by atoms with van der Waals surface area (Å²) in [4.78, 5) is 0. The highest BCUT2D eigenvalue weighted by molar-refractivity contribution is 5.80. The van der Waals surface area contributed by atoms with E-state index in [9.17, 15) is 13.2 Å². The van der Waals surface area contributed by atoms with Gasteiger partial charge in [0.15, 0.2) is 0 Å². The van der Waals surface area contributed by atoms with Crippen LogP contribution in [0.3, 0.4) is 0 Å². The minimum Gasteiger partial charge on any atom is -0.378 e. The first-order valence-electron chi connectivity index (χ1n) is 6.47. The Hall–Kier alpha value is -1.53. The van der Waals surface area contributed by atoms with E-state index in [2.05, 4.69) is 5.32 Å². The van der Waals surface area contributed by atoms with Gasteiger partial charge in [0.2, 0.25) is 0 Å². The highest BCUT2D eigenvalue weighted by Gasteiger charge is 2.28. The van der Waals surface area contributed by atoms with Crippen LogP contribution in [0.25, 0.3) is 10.9 Å². The van der Waals surface area contributed by atoms with E-state index < -0.39 is 12.7 Å². The Morgan fingerprint density at radius 1 is 1.25 bits per heavy atom. The number of halogens is 3. The lowest BCUT2D eigenvalue weighted by Crippen LogP contribution is -2.45. The fourth-order valence-corrected chi connectivity index (χ4v) is 2.31. The van der Waals surface area contributed by atoms with Crippen molar-refractivity contribution in [2.75, 3.05) is 13.2 Å². The van der Waals surface area contributed by atoms with E-state index >= 15 is 0 Å². The summed E-state index contributed by atoms with van der Waals surface area (Å²) in [6.45, 7) is 1.20. The van der Waals surface area contributed by atoms with Crippen molar-refractivity contribution in [3.63, 3.8) is 0 Å². The van der Waals surface area contributed by atoms with Crippen LogP contribution in [-0.2, 0) is 17.8 Å². The molecule has 20 heavy (non-hydrogen) atoms. The molecule has 2 heterocycles. The molecular weight excluding hydrogens is 269 g/mol. The van der Waals surface area contributed by atoms with Gasteiger partial charge in [0.25, 0.3) is 0 Å². The van der Waals surface area contributed by atoms with Crippen LogP contribution >= 0.6 is 0 Å². The number of fused-ring (bicyclic) bond motifs is 1. The summed E-state index contributed by atoms with van der Waals surface area (Å²) in [7, 11) is 0. The minimum absolute atomic E-state index is 0.389. The van der Waals surface area contributed by atoms with Gasteiger partial charge in [-0.25, -0.2) is 0 Å². The molecule has 0 spiro atoms. The summed E-state index contributed by atoms with van der Waals surface area (Å²) in [5, 5.41) is 4.17. The topological polar surface area (TPSA) is 26.2 Å². The molecule has 1 fully saturated rings. The molecule has 1 aromatic heterocycles. The highest BCUT2D eigenvalue weighted by atomic mass is 19.4. The molecule has 1 aliphatic heterocycles. The zero-order valence-corrected chi connectivity index (χ0v) is 10.8. The van der Waals surface area contributed by atoms with Crippen LogP contribution in [0.4, 0.5) is 13.2 Å². The van der Waals surface area contributed by atoms with Gasteiger partial charge in [-0.05, 0) is 29.1 Å². The Kier molecular flexibility index (Phi) is 3.43. The molecule has 6 heteroatoms. The summed E-state index contributed by atoms with van der Waals surface area (Å²) in [5.74, 6) is 0. The molecule has 1 aliphatic rings. The van der Waals surface area contributed by atoms with Crippen LogP contribution in [0.2, 0.25) is 0 Å². The SMILES string of the molecule is FC(F)(F)Cn1ccc2cc(CNC3COC3)ccc21. The molecule has 0 atom stereocenters. The van der Waals surface area contributed by atoms with Crippen molar-refractivity contribution >= 4 is 10.9 Å². The van der Waals surface area contributed by atoms with Gasteiger partial charge in [0.05, 0.1) is 19.3 Å². The second kappa shape index (κ2) is 5.10. The van der Waals surface area contributed by atoms with Crippen molar-refractivity contribution in [2.45, 2.75) is 25.3 Å². The highest BCUT2D eigenvalue weighted by Crippen LogP contribution is 2.23. The molecule has 0 bridgehead atoms. The molecule has 0 amide bonds. The van der Waals surface area contributed by atoms with Crippen molar-refractivity contribution in [3.05, 3.63) is 36.0 Å². The summed E-state index contributed by atoms with van der Waals surface area (Å²) in [6.07, 6.45) is -2.72. The Morgan fingerprint density at radius 2 is 2.05 bits per heavy atom. The lowest BCUT2D eigenvalue weighted by molar-refractivity contribution is -0.139. The van der Waals surface area contributed by atoms with Crippen LogP contribution in [0, 0.1) is 0 Å². The zero-order chi connectivity index (χ0) is 14.2. The van der Waals surface area contributed by atoms with Crippen molar-refractivity contribution in [2.24, 2.45) is 0 Å². The molecule has 3 nitrogen and oxygen atoms in total. The molecule has 1 N–H and O–H groups in total. The Bertz CT molecular complexity index is 602. The number of ether oxygens (including phenoxy) is 1. The van der Waals surface area contributed by atoms with Crippen LogP contribution in [0.15, 0.2) is 30.5 Å². The molecular formula is C14H15F3N2O. The average Bonchev–Trinajstić information content (AvgIpc) is 2.68. The maximum absolute atomic E-state index is 12.4. The standard InChI is InChI=1S/C14H15F3N2O/c15-14(16,17)9-19-4-3-11-5-10(1-2-13(11)19)6-18-12-7-20-8-12/h1-5,12,18H,6-9H2. The van der Waals surface area contributed by atoms with E-state index in [1.54, 1.807) is 12.1 Å². The van der Waals surface area contributed by atoms with Crippen LogP contribution in [-0.4, -0.2) is 30.0 Å². The van der Waals surface area contributed by atoms with Gasteiger partial charge in [-0.2, -0.15) is 13.2 Å². The lowest BCUT2D eigenvalue weighted by atomic mass is 10.1. The third kappa shape index (κ3) is 2.96. The van der Waals surface area contributed by atoms with Crippen molar-refractivity contribution in [3.8, 4) is 0 Å². The number of aromatic nitrogens is 1. The van der Waals surface area contributed by atoms with Gasteiger partial charge in [-0.3, -0.25) is 0 Å². The number of nitrogens with one attached hydrogen (secondary N) is 1. The first kappa shape index (κ1) is 13.5. The normalized spacial score (nSPS) is 16.6. The van der Waals surface area contributed by atoms with E-state index in [1.807, 2.05) is 12.1 Å². The summed E-state index contributed by atoms with van der Waals surface area (Å²) < 4.78 is 43.6. The quantitative estimate of drug-likeness (QED) is 0.934. The van der Waals surface area contributed by atoms with E-state index in [4.69, 9.17) is 4.74 Å². The fraction of sp³-hybridized carbons (Fsp3) is 0.429. The monoisotopic (exact) mass is 284 g/mol. The summed E-state index contributed by atoms with van der Waals surface area (Å²) in [5.41, 5.74) is 1.67. The number of rotatable bonds is 4. The predicted molar refractivity (Wildman–Crippen MR) is 69.4 cm³/mol. The molecule has 3 rings (SSSR count). The average molecular weight is 284 g/mol. The molecule has 0 radical (unpaired) electrons. The minimum atomic E-state index is -4.20. The molecule has 0 unspecified atom stereocenters. The molecule has 1 aromatic carbocycles. The first-order chi connectivity index (χ1) is 9.51. The van der Waals surface area contributed by atoms with Gasteiger partial charge in [0, 0.05) is 18.3 Å². The maximum Gasteiger partial charge on any atom is 0.406 e. The maximum atomic E-state index is 12.4. The van der Waals surface area contributed by atoms with Gasteiger partial charge in [-0.1, -0.05) is 6.07 Å². The summed E-state index contributed by atoms with van der Waals surface area (Å²) >= 11 is 0. The van der Waals surface area contributed by atoms with E-state index in [1.165, 1.54) is 10.8 Å². The largest absolute Gasteiger partial charge is 0.406 e. The van der Waals surface area contributed by atoms with E-state index in [0.717, 1.165) is 24.2 Å². The van der Waals surface area contributed by atoms with Crippen molar-refractivity contribution in [1.82, 2.24) is 9.88 Å². The lowest BCUT2D eigenvalue weighted by Gasteiger charge is -2.27. The van der Waals surface area contributed by atoms with E-state index in [-0.39, 0.29) is 0 Å². The number of benzene rings is 1. The summed E-state index contributed by atoms with van der Waals surface area (Å²) in [6, 6.07) is 7.64. The number of nitrogens with zero attached hydrogens (tertiary/aromatic N) is 1. The van der Waals surface area contributed by atoms with Crippen molar-refractivity contribution in [1.29, 1.82) is 0 Å². The van der Waals surface area contributed by atoms with Gasteiger partial charge in [-0.15, -0.1) is 0 Å². The predicted octanol–water partition coefficient (Wildman–Crippen LogP) is 2.69. The molecule has 0 aliphatic carbocycles. The van der Waals surface area contributed by atoms with Gasteiger partial charge < -0.3 is 14.6 Å². The third-order valence-corrected chi connectivity index (χ3v) is 3.42. The zero-order valence-electron chi connectivity index (χ0n) is 10.8. The molecule has 108 valence electrons. The second-order valence-electron chi connectivity index (χ2n) is 5.07. The van der Waals surface area contributed by atoms with Crippen LogP contribution < -0.4 is 5.32 Å². The third-order valence-electron chi connectivity index (χ3n) is 3.42. The Balaban J connectivity index is 1.74.